The lowest BCUT2D eigenvalue weighted by Crippen LogP contribution is -2.41. The number of aryl methyl sites for hydroxylation is 2. The van der Waals surface area contributed by atoms with E-state index in [-0.39, 0.29) is 29.6 Å². The van der Waals surface area contributed by atoms with Crippen molar-refractivity contribution in [2.45, 2.75) is 39.2 Å². The van der Waals surface area contributed by atoms with E-state index in [1.165, 1.54) is 18.2 Å². The van der Waals surface area contributed by atoms with Gasteiger partial charge in [0.05, 0.1) is 5.54 Å². The van der Waals surface area contributed by atoms with Crippen LogP contribution >= 0.6 is 11.6 Å². The van der Waals surface area contributed by atoms with Gasteiger partial charge in [0.2, 0.25) is 17.6 Å². The molecular weight excluding hydrogens is 400 g/mol. The lowest BCUT2D eigenvalue weighted by molar-refractivity contribution is -0.122. The lowest BCUT2D eigenvalue weighted by atomic mass is 9.94. The standard InChI is InChI=1S/C21H20ClF2N3O2/c1-12-10-13(4-7-17(12)24)20-25-19(29-27-20)9-8-18(28)26-21(2,3)15-6-5-14(23)11-16(15)22/h4-7,10-11H,8-9H2,1-3H3,(H,26,28). The van der Waals surface area contributed by atoms with Crippen molar-refractivity contribution in [1.82, 2.24) is 15.5 Å². The van der Waals surface area contributed by atoms with Crippen LogP contribution in [0.25, 0.3) is 11.4 Å². The number of nitrogens with one attached hydrogen (secondary N) is 1. The van der Waals surface area contributed by atoms with Gasteiger partial charge in [-0.05, 0) is 62.2 Å². The average Bonchev–Trinajstić information content (AvgIpc) is 3.10. The average molecular weight is 420 g/mol. The lowest BCUT2D eigenvalue weighted by Gasteiger charge is -2.28. The Kier molecular flexibility index (Phi) is 5.98. The van der Waals surface area contributed by atoms with Crippen LogP contribution in [-0.2, 0) is 16.8 Å². The van der Waals surface area contributed by atoms with Crippen molar-refractivity contribution in [2.75, 3.05) is 0 Å². The third-order valence-corrected chi connectivity index (χ3v) is 4.82. The number of hydrogen-bond acceptors (Lipinski definition) is 4. The molecule has 1 heterocycles. The molecule has 0 spiro atoms. The molecule has 1 amide bonds. The summed E-state index contributed by atoms with van der Waals surface area (Å²) in [6.07, 6.45) is 0.360. The quantitative estimate of drug-likeness (QED) is 0.613. The highest BCUT2D eigenvalue weighted by Gasteiger charge is 2.25. The highest BCUT2D eigenvalue weighted by molar-refractivity contribution is 6.31. The van der Waals surface area contributed by atoms with Gasteiger partial charge in [-0.15, -0.1) is 0 Å². The Labute approximate surface area is 172 Å². The van der Waals surface area contributed by atoms with Gasteiger partial charge in [0.1, 0.15) is 11.6 Å². The molecule has 0 aliphatic heterocycles. The molecule has 3 aromatic rings. The number of rotatable bonds is 6. The van der Waals surface area contributed by atoms with Crippen LogP contribution in [0.3, 0.4) is 0 Å². The third-order valence-electron chi connectivity index (χ3n) is 4.51. The first-order valence-corrected chi connectivity index (χ1v) is 9.39. The molecule has 0 fully saturated rings. The summed E-state index contributed by atoms with van der Waals surface area (Å²) in [5.41, 5.74) is 0.944. The minimum Gasteiger partial charge on any atom is -0.347 e. The number of amides is 1. The molecule has 0 aliphatic rings. The van der Waals surface area contributed by atoms with E-state index in [0.29, 0.717) is 28.4 Å². The summed E-state index contributed by atoms with van der Waals surface area (Å²) in [5.74, 6) is -0.355. The summed E-state index contributed by atoms with van der Waals surface area (Å²) >= 11 is 6.10. The topological polar surface area (TPSA) is 68.0 Å². The van der Waals surface area contributed by atoms with E-state index in [2.05, 4.69) is 15.5 Å². The maximum absolute atomic E-state index is 13.4. The minimum absolute atomic E-state index is 0.117. The summed E-state index contributed by atoms with van der Waals surface area (Å²) in [4.78, 5) is 16.6. The van der Waals surface area contributed by atoms with Crippen molar-refractivity contribution in [3.63, 3.8) is 0 Å². The molecule has 0 saturated heterocycles. The minimum atomic E-state index is -0.784. The van der Waals surface area contributed by atoms with Crippen molar-refractivity contribution >= 4 is 17.5 Å². The van der Waals surface area contributed by atoms with Crippen LogP contribution in [0, 0.1) is 18.6 Å². The highest BCUT2D eigenvalue weighted by Crippen LogP contribution is 2.28. The summed E-state index contributed by atoms with van der Waals surface area (Å²) in [7, 11) is 0. The van der Waals surface area contributed by atoms with Crippen molar-refractivity contribution in [1.29, 1.82) is 0 Å². The summed E-state index contributed by atoms with van der Waals surface area (Å²) < 4.78 is 31.8. The van der Waals surface area contributed by atoms with Gasteiger partial charge in [-0.25, -0.2) is 8.78 Å². The first-order chi connectivity index (χ1) is 13.7. The van der Waals surface area contributed by atoms with E-state index in [1.54, 1.807) is 39.0 Å². The summed E-state index contributed by atoms with van der Waals surface area (Å²) in [6.45, 7) is 5.22. The SMILES string of the molecule is Cc1cc(-c2noc(CCC(=O)NC(C)(C)c3ccc(F)cc3Cl)n2)ccc1F. The molecular formula is C21H20ClF2N3O2. The Morgan fingerprint density at radius 3 is 2.66 bits per heavy atom. The van der Waals surface area contributed by atoms with E-state index >= 15 is 0 Å². The predicted octanol–water partition coefficient (Wildman–Crippen LogP) is 4.96. The normalized spacial score (nSPS) is 11.5. The van der Waals surface area contributed by atoms with E-state index in [9.17, 15) is 13.6 Å². The molecule has 0 atom stereocenters. The molecule has 1 aromatic heterocycles. The van der Waals surface area contributed by atoms with Crippen molar-refractivity contribution in [3.8, 4) is 11.4 Å². The van der Waals surface area contributed by atoms with Crippen molar-refractivity contribution in [3.05, 3.63) is 70.1 Å². The van der Waals surface area contributed by atoms with E-state index in [4.69, 9.17) is 16.1 Å². The molecule has 152 valence electrons. The summed E-state index contributed by atoms with van der Waals surface area (Å²) in [6, 6.07) is 8.60. The highest BCUT2D eigenvalue weighted by atomic mass is 35.5. The van der Waals surface area contributed by atoms with Gasteiger partial charge in [0, 0.05) is 23.4 Å². The van der Waals surface area contributed by atoms with Crippen molar-refractivity contribution in [2.24, 2.45) is 0 Å². The molecule has 0 radical (unpaired) electrons. The number of nitrogens with zero attached hydrogens (tertiary/aromatic N) is 2. The Hall–Kier alpha value is -2.80. The van der Waals surface area contributed by atoms with Gasteiger partial charge < -0.3 is 9.84 Å². The zero-order valence-electron chi connectivity index (χ0n) is 16.2. The first kappa shape index (κ1) is 20.9. The number of carbonyl (C=O) groups is 1. The zero-order chi connectivity index (χ0) is 21.2. The predicted molar refractivity (Wildman–Crippen MR) is 105 cm³/mol. The largest absolute Gasteiger partial charge is 0.347 e. The van der Waals surface area contributed by atoms with E-state index in [0.717, 1.165) is 0 Å². The molecule has 0 bridgehead atoms. The van der Waals surface area contributed by atoms with Gasteiger partial charge in [-0.2, -0.15) is 4.98 Å². The molecule has 0 aliphatic carbocycles. The zero-order valence-corrected chi connectivity index (χ0v) is 17.0. The van der Waals surface area contributed by atoms with Crippen LogP contribution in [0.1, 0.15) is 37.3 Å². The molecule has 2 aromatic carbocycles. The molecule has 29 heavy (non-hydrogen) atoms. The van der Waals surface area contributed by atoms with Crippen LogP contribution < -0.4 is 5.32 Å². The van der Waals surface area contributed by atoms with Crippen LogP contribution in [0.2, 0.25) is 5.02 Å². The van der Waals surface area contributed by atoms with Gasteiger partial charge in [-0.3, -0.25) is 4.79 Å². The number of benzene rings is 2. The van der Waals surface area contributed by atoms with Crippen molar-refractivity contribution < 1.29 is 18.1 Å². The van der Waals surface area contributed by atoms with Crippen LogP contribution in [0.15, 0.2) is 40.9 Å². The fourth-order valence-corrected chi connectivity index (χ4v) is 3.36. The second kappa shape index (κ2) is 8.29. The maximum Gasteiger partial charge on any atom is 0.227 e. The molecule has 3 rings (SSSR count). The molecule has 1 N–H and O–H groups in total. The van der Waals surface area contributed by atoms with Gasteiger partial charge in [0.25, 0.3) is 0 Å². The smallest absolute Gasteiger partial charge is 0.227 e. The monoisotopic (exact) mass is 419 g/mol. The van der Waals surface area contributed by atoms with Crippen LogP contribution in [-0.4, -0.2) is 16.0 Å². The number of halogens is 3. The first-order valence-electron chi connectivity index (χ1n) is 9.01. The number of carbonyl (C=O) groups excluding carboxylic acids is 1. The fourth-order valence-electron chi connectivity index (χ4n) is 2.95. The Morgan fingerprint density at radius 1 is 1.21 bits per heavy atom. The van der Waals surface area contributed by atoms with Gasteiger partial charge in [0.15, 0.2) is 0 Å². The van der Waals surface area contributed by atoms with E-state index in [1.807, 2.05) is 0 Å². The number of hydrogen-bond donors (Lipinski definition) is 1. The Bertz CT molecular complexity index is 1050. The molecule has 0 saturated carbocycles. The molecule has 0 unspecified atom stereocenters. The van der Waals surface area contributed by atoms with E-state index < -0.39 is 11.4 Å². The molecule has 5 nitrogen and oxygen atoms in total. The number of aromatic nitrogens is 2. The van der Waals surface area contributed by atoms with Crippen LogP contribution in [0.4, 0.5) is 8.78 Å². The Morgan fingerprint density at radius 2 is 1.97 bits per heavy atom. The van der Waals surface area contributed by atoms with Gasteiger partial charge >= 0.3 is 0 Å². The maximum atomic E-state index is 13.4. The third kappa shape index (κ3) is 4.98. The molecule has 8 heteroatoms. The van der Waals surface area contributed by atoms with Crippen LogP contribution in [0.5, 0.6) is 0 Å². The fraction of sp³-hybridized carbons (Fsp3) is 0.286. The Balaban J connectivity index is 1.62. The second-order valence-electron chi connectivity index (χ2n) is 7.27. The summed E-state index contributed by atoms with van der Waals surface area (Å²) in [5, 5.41) is 7.00. The second-order valence-corrected chi connectivity index (χ2v) is 7.68. The van der Waals surface area contributed by atoms with Gasteiger partial charge in [-0.1, -0.05) is 22.8 Å².